The van der Waals surface area contributed by atoms with Gasteiger partial charge in [-0.2, -0.15) is 4.58 Å². The van der Waals surface area contributed by atoms with E-state index in [-0.39, 0.29) is 5.41 Å². The van der Waals surface area contributed by atoms with Gasteiger partial charge in [0.15, 0.2) is 10.8 Å². The summed E-state index contributed by atoms with van der Waals surface area (Å²) in [4.78, 5) is 5.76. The molecule has 1 aliphatic heterocycles. The van der Waals surface area contributed by atoms with E-state index in [0.717, 1.165) is 10.8 Å². The molecule has 0 amide bonds. The molecule has 1 aromatic carbocycles. The lowest BCUT2D eigenvalue weighted by atomic mass is 9.81. The summed E-state index contributed by atoms with van der Waals surface area (Å²) in [6, 6.07) is 8.60. The molecule has 0 bridgehead atoms. The number of hydrogen-bond donors (Lipinski definition) is 1. The van der Waals surface area contributed by atoms with Crippen LogP contribution < -0.4 is 5.32 Å². The summed E-state index contributed by atoms with van der Waals surface area (Å²) in [7, 11) is 2.13. The number of nitrogens with one attached hydrogen (secondary N) is 1. The molecular formula is C18H22N3S+. The predicted molar refractivity (Wildman–Crippen MR) is 94.7 cm³/mol. The number of aromatic nitrogens is 1. The summed E-state index contributed by atoms with van der Waals surface area (Å²) in [5, 5.41) is 4.24. The normalized spacial score (nSPS) is 16.4. The van der Waals surface area contributed by atoms with Crippen molar-refractivity contribution in [1.82, 2.24) is 4.98 Å². The molecule has 3 nitrogen and oxygen atoms in total. The Morgan fingerprint density at radius 3 is 2.59 bits per heavy atom. The van der Waals surface area contributed by atoms with E-state index in [4.69, 9.17) is 0 Å². The highest BCUT2D eigenvalue weighted by Gasteiger charge is 2.42. The lowest BCUT2D eigenvalue weighted by Crippen LogP contribution is -2.26. The number of nitrogens with zero attached hydrogens (tertiary/aromatic N) is 2. The summed E-state index contributed by atoms with van der Waals surface area (Å²) in [5.74, 6) is 0. The topological polar surface area (TPSA) is 27.9 Å². The first-order valence-electron chi connectivity index (χ1n) is 7.49. The first kappa shape index (κ1) is 15.0. The molecule has 0 saturated carbocycles. The van der Waals surface area contributed by atoms with E-state index in [1.807, 2.05) is 13.1 Å². The molecule has 3 rings (SSSR count). The van der Waals surface area contributed by atoms with Crippen molar-refractivity contribution in [2.45, 2.75) is 33.1 Å². The van der Waals surface area contributed by atoms with Crippen molar-refractivity contribution in [3.05, 3.63) is 52.7 Å². The van der Waals surface area contributed by atoms with Gasteiger partial charge in [0.2, 0.25) is 5.69 Å². The first-order chi connectivity index (χ1) is 10.4. The fraction of sp³-hybridized carbons (Fsp3) is 0.333. The highest BCUT2D eigenvalue weighted by Crippen LogP contribution is 2.38. The molecule has 2 heterocycles. The number of thiazole rings is 1. The predicted octanol–water partition coefficient (Wildman–Crippen LogP) is 4.39. The van der Waals surface area contributed by atoms with Crippen molar-refractivity contribution in [3.8, 4) is 0 Å². The number of aryl methyl sites for hydroxylation is 2. The minimum Gasteiger partial charge on any atom is -0.338 e. The van der Waals surface area contributed by atoms with E-state index in [2.05, 4.69) is 73.0 Å². The van der Waals surface area contributed by atoms with Gasteiger partial charge in [0.1, 0.15) is 7.05 Å². The van der Waals surface area contributed by atoms with Crippen LogP contribution in [0.3, 0.4) is 0 Å². The van der Waals surface area contributed by atoms with Crippen LogP contribution in [0, 0.1) is 13.8 Å². The van der Waals surface area contributed by atoms with Crippen molar-refractivity contribution < 1.29 is 4.58 Å². The SMILES string of the molecule is Cc1nc(NC=CC2=[N+](C)c3ccccc3C2(C)C)sc1C. The Hall–Kier alpha value is -1.94. The lowest BCUT2D eigenvalue weighted by Gasteiger charge is -2.15. The Balaban J connectivity index is 1.86. The fourth-order valence-corrected chi connectivity index (χ4v) is 3.82. The van der Waals surface area contributed by atoms with Crippen LogP contribution in [0.15, 0.2) is 36.5 Å². The number of benzene rings is 1. The van der Waals surface area contributed by atoms with Gasteiger partial charge in [-0.25, -0.2) is 4.98 Å². The van der Waals surface area contributed by atoms with Crippen LogP contribution in [0.25, 0.3) is 0 Å². The van der Waals surface area contributed by atoms with Crippen molar-refractivity contribution in [1.29, 1.82) is 0 Å². The van der Waals surface area contributed by atoms with Gasteiger partial charge in [0, 0.05) is 28.8 Å². The number of anilines is 1. The third-order valence-corrected chi connectivity index (χ3v) is 5.42. The zero-order valence-electron chi connectivity index (χ0n) is 13.8. The van der Waals surface area contributed by atoms with Crippen LogP contribution in [0.2, 0.25) is 0 Å². The smallest absolute Gasteiger partial charge is 0.209 e. The zero-order valence-corrected chi connectivity index (χ0v) is 14.6. The van der Waals surface area contributed by atoms with Crippen LogP contribution in [0.5, 0.6) is 0 Å². The second kappa shape index (κ2) is 5.36. The van der Waals surface area contributed by atoms with Gasteiger partial charge in [-0.05, 0) is 27.7 Å². The van der Waals surface area contributed by atoms with Crippen molar-refractivity contribution >= 4 is 27.9 Å². The molecule has 0 saturated heterocycles. The molecule has 1 aromatic heterocycles. The van der Waals surface area contributed by atoms with Crippen LogP contribution in [0.4, 0.5) is 10.8 Å². The molecule has 0 fully saturated rings. The lowest BCUT2D eigenvalue weighted by molar-refractivity contribution is -0.401. The molecule has 114 valence electrons. The van der Waals surface area contributed by atoms with E-state index >= 15 is 0 Å². The Morgan fingerprint density at radius 1 is 1.23 bits per heavy atom. The molecule has 1 N–H and O–H groups in total. The maximum Gasteiger partial charge on any atom is 0.209 e. The summed E-state index contributed by atoms with van der Waals surface area (Å²) in [6.45, 7) is 8.68. The van der Waals surface area contributed by atoms with Crippen LogP contribution in [-0.2, 0) is 5.41 Å². The summed E-state index contributed by atoms with van der Waals surface area (Å²) < 4.78 is 2.27. The third kappa shape index (κ3) is 2.37. The Labute approximate surface area is 136 Å². The minimum atomic E-state index is 0.0121. The van der Waals surface area contributed by atoms with Crippen molar-refractivity contribution in [3.63, 3.8) is 0 Å². The third-order valence-electron chi connectivity index (χ3n) is 4.42. The van der Waals surface area contributed by atoms with E-state index in [1.165, 1.54) is 21.8 Å². The van der Waals surface area contributed by atoms with Gasteiger partial charge in [0.05, 0.1) is 11.1 Å². The zero-order chi connectivity index (χ0) is 15.9. The molecule has 0 spiro atoms. The van der Waals surface area contributed by atoms with Gasteiger partial charge in [0.25, 0.3) is 0 Å². The Kier molecular flexibility index (Phi) is 3.65. The molecule has 0 atom stereocenters. The molecular weight excluding hydrogens is 290 g/mol. The molecule has 0 aliphatic carbocycles. The van der Waals surface area contributed by atoms with Crippen LogP contribution in [-0.4, -0.2) is 22.3 Å². The molecule has 4 heteroatoms. The molecule has 1 aliphatic rings. The summed E-state index contributed by atoms with van der Waals surface area (Å²) in [6.07, 6.45) is 4.16. The van der Waals surface area contributed by atoms with Gasteiger partial charge in [-0.15, -0.1) is 11.3 Å². The van der Waals surface area contributed by atoms with E-state index in [1.54, 1.807) is 11.3 Å². The second-order valence-corrected chi connectivity index (χ2v) is 7.43. The van der Waals surface area contributed by atoms with Crippen molar-refractivity contribution in [2.24, 2.45) is 0 Å². The largest absolute Gasteiger partial charge is 0.338 e. The maximum absolute atomic E-state index is 4.50. The Morgan fingerprint density at radius 2 is 1.95 bits per heavy atom. The standard InChI is InChI=1S/C18H21N3S/c1-12-13(2)22-17(20-12)19-11-10-16-18(3,4)14-8-6-7-9-15(14)21(16)5/h6-11H,1-5H3/p+1. The maximum atomic E-state index is 4.50. The quantitative estimate of drug-likeness (QED) is 0.851. The number of rotatable bonds is 3. The number of fused-ring (bicyclic) bond motifs is 1. The average Bonchev–Trinajstić information content (AvgIpc) is 2.89. The summed E-state index contributed by atoms with van der Waals surface area (Å²) in [5.41, 5.74) is 5.05. The van der Waals surface area contributed by atoms with Gasteiger partial charge in [-0.1, -0.05) is 18.2 Å². The van der Waals surface area contributed by atoms with Gasteiger partial charge >= 0.3 is 0 Å². The first-order valence-corrected chi connectivity index (χ1v) is 8.30. The van der Waals surface area contributed by atoms with Crippen molar-refractivity contribution in [2.75, 3.05) is 12.4 Å². The summed E-state index contributed by atoms with van der Waals surface area (Å²) >= 11 is 1.69. The van der Waals surface area contributed by atoms with E-state index in [0.29, 0.717) is 0 Å². The second-order valence-electron chi connectivity index (χ2n) is 6.22. The highest BCUT2D eigenvalue weighted by molar-refractivity contribution is 7.15. The molecule has 0 radical (unpaired) electrons. The molecule has 22 heavy (non-hydrogen) atoms. The van der Waals surface area contributed by atoms with E-state index < -0.39 is 0 Å². The monoisotopic (exact) mass is 312 g/mol. The minimum absolute atomic E-state index is 0.0121. The number of hydrogen-bond acceptors (Lipinski definition) is 3. The molecule has 2 aromatic rings. The average molecular weight is 312 g/mol. The van der Waals surface area contributed by atoms with E-state index in [9.17, 15) is 0 Å². The van der Waals surface area contributed by atoms with Crippen LogP contribution >= 0.6 is 11.3 Å². The van der Waals surface area contributed by atoms with Gasteiger partial charge < -0.3 is 5.32 Å². The number of para-hydroxylation sites is 1. The molecule has 0 unspecified atom stereocenters. The fourth-order valence-electron chi connectivity index (χ4n) is 3.03. The Bertz CT molecular complexity index is 762. The van der Waals surface area contributed by atoms with Gasteiger partial charge in [-0.3, -0.25) is 0 Å². The number of allylic oxidation sites excluding steroid dienone is 1. The van der Waals surface area contributed by atoms with Crippen LogP contribution in [0.1, 0.15) is 30.0 Å². The highest BCUT2D eigenvalue weighted by atomic mass is 32.1.